The van der Waals surface area contributed by atoms with Crippen LogP contribution in [0.3, 0.4) is 0 Å². The Labute approximate surface area is 121 Å². The first-order valence-corrected chi connectivity index (χ1v) is 7.54. The molecule has 0 aliphatic carbocycles. The number of hydrogen-bond acceptors (Lipinski definition) is 3. The van der Waals surface area contributed by atoms with Crippen LogP contribution >= 0.6 is 11.3 Å². The summed E-state index contributed by atoms with van der Waals surface area (Å²) in [6.45, 7) is 1.75. The van der Waals surface area contributed by atoms with Crippen LogP contribution in [0.25, 0.3) is 10.4 Å². The van der Waals surface area contributed by atoms with Gasteiger partial charge in [0.1, 0.15) is 6.29 Å². The Balaban J connectivity index is 1.81. The van der Waals surface area contributed by atoms with Crippen LogP contribution in [-0.4, -0.2) is 30.2 Å². The zero-order valence-corrected chi connectivity index (χ0v) is 11.9. The molecule has 102 valence electrons. The van der Waals surface area contributed by atoms with E-state index in [9.17, 15) is 9.59 Å². The van der Waals surface area contributed by atoms with Crippen molar-refractivity contribution in [3.05, 3.63) is 46.8 Å². The lowest BCUT2D eigenvalue weighted by molar-refractivity contribution is 0.0797. The van der Waals surface area contributed by atoms with Crippen molar-refractivity contribution in [3.8, 4) is 10.4 Å². The maximum Gasteiger partial charge on any atom is 0.263 e. The van der Waals surface area contributed by atoms with Gasteiger partial charge in [0.05, 0.1) is 4.88 Å². The van der Waals surface area contributed by atoms with Gasteiger partial charge in [-0.2, -0.15) is 0 Å². The molecule has 0 radical (unpaired) electrons. The molecule has 0 bridgehead atoms. The molecule has 0 saturated carbocycles. The number of carbonyl (C=O) groups is 2. The molecule has 0 N–H and O–H groups in total. The van der Waals surface area contributed by atoms with Crippen molar-refractivity contribution in [1.82, 2.24) is 4.90 Å². The molecule has 3 rings (SSSR count). The second-order valence-electron chi connectivity index (χ2n) is 4.90. The summed E-state index contributed by atoms with van der Waals surface area (Å²) >= 11 is 1.51. The van der Waals surface area contributed by atoms with E-state index < -0.39 is 0 Å². The van der Waals surface area contributed by atoms with Crippen molar-refractivity contribution in [3.63, 3.8) is 0 Å². The largest absolute Gasteiger partial charge is 0.338 e. The van der Waals surface area contributed by atoms with E-state index in [1.807, 2.05) is 29.2 Å². The van der Waals surface area contributed by atoms with Gasteiger partial charge in [-0.1, -0.05) is 24.3 Å². The number of amides is 1. The number of aldehydes is 1. The van der Waals surface area contributed by atoms with Gasteiger partial charge in [0.25, 0.3) is 5.91 Å². The van der Waals surface area contributed by atoms with E-state index in [0.29, 0.717) is 5.56 Å². The standard InChI is InChI=1S/C16H15NO2S/c18-11-12-3-5-13(6-4-12)14-7-8-15(20-14)16(19)17-9-1-2-10-17/h3-8,11H,1-2,9-10H2. The minimum Gasteiger partial charge on any atom is -0.338 e. The molecule has 0 spiro atoms. The van der Waals surface area contributed by atoms with Gasteiger partial charge in [-0.15, -0.1) is 11.3 Å². The molecule has 1 aromatic heterocycles. The van der Waals surface area contributed by atoms with Gasteiger partial charge < -0.3 is 4.90 Å². The zero-order chi connectivity index (χ0) is 13.9. The highest BCUT2D eigenvalue weighted by atomic mass is 32.1. The Morgan fingerprint density at radius 1 is 1.05 bits per heavy atom. The Morgan fingerprint density at radius 3 is 2.40 bits per heavy atom. The van der Waals surface area contributed by atoms with E-state index in [1.165, 1.54) is 11.3 Å². The van der Waals surface area contributed by atoms with Gasteiger partial charge >= 0.3 is 0 Å². The fourth-order valence-electron chi connectivity index (χ4n) is 2.41. The molecule has 1 aromatic carbocycles. The molecule has 1 amide bonds. The normalized spacial score (nSPS) is 14.5. The van der Waals surface area contributed by atoms with Crippen LogP contribution in [0, 0.1) is 0 Å². The van der Waals surface area contributed by atoms with Crippen molar-refractivity contribution < 1.29 is 9.59 Å². The van der Waals surface area contributed by atoms with Gasteiger partial charge in [0.15, 0.2) is 0 Å². The molecule has 3 nitrogen and oxygen atoms in total. The van der Waals surface area contributed by atoms with Crippen molar-refractivity contribution in [2.24, 2.45) is 0 Å². The van der Waals surface area contributed by atoms with Crippen molar-refractivity contribution in [2.75, 3.05) is 13.1 Å². The van der Waals surface area contributed by atoms with Crippen molar-refractivity contribution in [1.29, 1.82) is 0 Å². The van der Waals surface area contributed by atoms with Crippen molar-refractivity contribution in [2.45, 2.75) is 12.8 Å². The SMILES string of the molecule is O=Cc1ccc(-c2ccc(C(=O)N3CCCC3)s2)cc1. The predicted molar refractivity (Wildman–Crippen MR) is 80.3 cm³/mol. The summed E-state index contributed by atoms with van der Waals surface area (Å²) in [5.41, 5.74) is 1.71. The Kier molecular flexibility index (Phi) is 3.65. The third kappa shape index (κ3) is 2.51. The smallest absolute Gasteiger partial charge is 0.263 e. The number of hydrogen-bond donors (Lipinski definition) is 0. The quantitative estimate of drug-likeness (QED) is 0.810. The van der Waals surface area contributed by atoms with Crippen LogP contribution in [0.15, 0.2) is 36.4 Å². The van der Waals surface area contributed by atoms with Crippen LogP contribution < -0.4 is 0 Å². The Bertz CT molecular complexity index is 624. The second kappa shape index (κ2) is 5.59. The van der Waals surface area contributed by atoms with E-state index in [0.717, 1.165) is 47.5 Å². The maximum atomic E-state index is 12.3. The third-order valence-corrected chi connectivity index (χ3v) is 4.66. The highest BCUT2D eigenvalue weighted by Gasteiger charge is 2.20. The Hall–Kier alpha value is -1.94. The number of benzene rings is 1. The van der Waals surface area contributed by atoms with Gasteiger partial charge in [-0.25, -0.2) is 0 Å². The third-order valence-electron chi connectivity index (χ3n) is 3.54. The minimum atomic E-state index is 0.142. The highest BCUT2D eigenvalue weighted by Crippen LogP contribution is 2.29. The highest BCUT2D eigenvalue weighted by molar-refractivity contribution is 7.17. The molecule has 1 aliphatic heterocycles. The average Bonchev–Trinajstić information content (AvgIpc) is 3.18. The number of nitrogens with zero attached hydrogens (tertiary/aromatic N) is 1. The summed E-state index contributed by atoms with van der Waals surface area (Å²) in [6, 6.07) is 11.3. The van der Waals surface area contributed by atoms with Gasteiger partial charge in [0, 0.05) is 23.5 Å². The second-order valence-corrected chi connectivity index (χ2v) is 5.99. The summed E-state index contributed by atoms with van der Waals surface area (Å²) in [5.74, 6) is 0.142. The van der Waals surface area contributed by atoms with E-state index in [1.54, 1.807) is 12.1 Å². The molecule has 1 aliphatic rings. The minimum absolute atomic E-state index is 0.142. The topological polar surface area (TPSA) is 37.4 Å². The average molecular weight is 285 g/mol. The van der Waals surface area contributed by atoms with E-state index in [2.05, 4.69) is 0 Å². The summed E-state index contributed by atoms with van der Waals surface area (Å²) in [6.07, 6.45) is 3.05. The molecule has 0 atom stereocenters. The van der Waals surface area contributed by atoms with Crippen LogP contribution in [0.5, 0.6) is 0 Å². The summed E-state index contributed by atoms with van der Waals surface area (Å²) in [4.78, 5) is 26.7. The first-order chi connectivity index (χ1) is 9.78. The number of carbonyl (C=O) groups excluding carboxylic acids is 2. The van der Waals surface area contributed by atoms with Crippen LogP contribution in [0.1, 0.15) is 32.9 Å². The molecular formula is C16H15NO2S. The fourth-order valence-corrected chi connectivity index (χ4v) is 3.39. The van der Waals surface area contributed by atoms with Crippen LogP contribution in [0.4, 0.5) is 0 Å². The molecule has 4 heteroatoms. The fraction of sp³-hybridized carbons (Fsp3) is 0.250. The lowest BCUT2D eigenvalue weighted by Gasteiger charge is -2.13. The first-order valence-electron chi connectivity index (χ1n) is 6.72. The monoisotopic (exact) mass is 285 g/mol. The maximum absolute atomic E-state index is 12.3. The molecule has 2 heterocycles. The predicted octanol–water partition coefficient (Wildman–Crippen LogP) is 3.46. The molecular weight excluding hydrogens is 270 g/mol. The molecule has 0 unspecified atom stereocenters. The zero-order valence-electron chi connectivity index (χ0n) is 11.0. The lowest BCUT2D eigenvalue weighted by atomic mass is 10.1. The molecule has 20 heavy (non-hydrogen) atoms. The van der Waals surface area contributed by atoms with Gasteiger partial charge in [-0.3, -0.25) is 9.59 Å². The summed E-state index contributed by atoms with van der Waals surface area (Å²) < 4.78 is 0. The van der Waals surface area contributed by atoms with E-state index >= 15 is 0 Å². The summed E-state index contributed by atoms with van der Waals surface area (Å²) in [7, 11) is 0. The van der Waals surface area contributed by atoms with E-state index in [-0.39, 0.29) is 5.91 Å². The van der Waals surface area contributed by atoms with Gasteiger partial charge in [0.2, 0.25) is 0 Å². The number of likely N-dealkylation sites (tertiary alicyclic amines) is 1. The van der Waals surface area contributed by atoms with Crippen LogP contribution in [-0.2, 0) is 0 Å². The molecule has 2 aromatic rings. The Morgan fingerprint density at radius 2 is 1.75 bits per heavy atom. The van der Waals surface area contributed by atoms with Crippen LogP contribution in [0.2, 0.25) is 0 Å². The summed E-state index contributed by atoms with van der Waals surface area (Å²) in [5, 5.41) is 0. The number of thiophene rings is 1. The first kappa shape index (κ1) is 13.1. The molecule has 1 fully saturated rings. The number of rotatable bonds is 3. The molecule has 1 saturated heterocycles. The van der Waals surface area contributed by atoms with Gasteiger partial charge in [-0.05, 0) is 30.5 Å². The van der Waals surface area contributed by atoms with E-state index in [4.69, 9.17) is 0 Å². The lowest BCUT2D eigenvalue weighted by Crippen LogP contribution is -2.26. The van der Waals surface area contributed by atoms with Crippen molar-refractivity contribution >= 4 is 23.5 Å².